The summed E-state index contributed by atoms with van der Waals surface area (Å²) in [6, 6.07) is 18.1. The van der Waals surface area contributed by atoms with Crippen LogP contribution in [0.5, 0.6) is 0 Å². The van der Waals surface area contributed by atoms with Crippen LogP contribution in [0.3, 0.4) is 0 Å². The van der Waals surface area contributed by atoms with Crippen molar-refractivity contribution >= 4 is 150 Å². The highest BCUT2D eigenvalue weighted by Crippen LogP contribution is 2.44. The fraction of sp³-hybridized carbons (Fsp3) is 0. The van der Waals surface area contributed by atoms with Crippen molar-refractivity contribution in [3.05, 3.63) is 56.1 Å². The van der Waals surface area contributed by atoms with E-state index >= 15 is 0 Å². The predicted octanol–water partition coefficient (Wildman–Crippen LogP) is 11.5. The van der Waals surface area contributed by atoms with Crippen molar-refractivity contribution in [2.24, 2.45) is 0 Å². The van der Waals surface area contributed by atoms with Crippen LogP contribution in [0.15, 0.2) is 56.1 Å². The van der Waals surface area contributed by atoms with Gasteiger partial charge in [-0.1, -0.05) is 22.7 Å². The van der Waals surface area contributed by atoms with E-state index in [2.05, 4.69) is 80.4 Å². The van der Waals surface area contributed by atoms with E-state index < -0.39 is 0 Å². The highest BCUT2D eigenvalue weighted by molar-refractivity contribution is 9.11. The minimum absolute atomic E-state index is 1.03. The zero-order valence-electron chi connectivity index (χ0n) is 16.7. The second-order valence-corrected chi connectivity index (χ2v) is 16.9. The Labute approximate surface area is 233 Å². The van der Waals surface area contributed by atoms with Gasteiger partial charge in [0.25, 0.3) is 0 Å². The lowest BCUT2D eigenvalue weighted by molar-refractivity contribution is 1.51. The SMILES string of the molecule is Brc1cc2cc3sc(-c4nc5sc(-c6cc7cc8sc(Br)cc8cc7s6)nc5s4)cc3cc2s1. The molecule has 8 rings (SSSR count). The number of aromatic nitrogens is 2. The topological polar surface area (TPSA) is 25.8 Å². The van der Waals surface area contributed by atoms with E-state index in [1.165, 1.54) is 57.7 Å². The number of hydrogen-bond acceptors (Lipinski definition) is 8. The molecule has 0 atom stereocenters. The van der Waals surface area contributed by atoms with Crippen LogP contribution in [0.2, 0.25) is 0 Å². The fourth-order valence-corrected chi connectivity index (χ4v) is 11.6. The van der Waals surface area contributed by atoms with Gasteiger partial charge in [0.05, 0.1) is 17.3 Å². The first-order chi connectivity index (χ1) is 16.6. The third kappa shape index (κ3) is 3.31. The van der Waals surface area contributed by atoms with Crippen LogP contribution in [0.4, 0.5) is 0 Å². The minimum atomic E-state index is 1.03. The lowest BCUT2D eigenvalue weighted by atomic mass is 10.2. The summed E-state index contributed by atoms with van der Waals surface area (Å²) in [7, 11) is 0. The molecule has 0 aliphatic carbocycles. The van der Waals surface area contributed by atoms with Gasteiger partial charge in [0.15, 0.2) is 9.66 Å². The second-order valence-electron chi connectivity index (χ2n) is 7.83. The smallest absolute Gasteiger partial charge is 0.155 e. The average Bonchev–Trinajstić information content (AvgIpc) is 3.58. The van der Waals surface area contributed by atoms with Gasteiger partial charge in [0.2, 0.25) is 0 Å². The summed E-state index contributed by atoms with van der Waals surface area (Å²) in [5.41, 5.74) is 0. The summed E-state index contributed by atoms with van der Waals surface area (Å²) in [6.07, 6.45) is 0. The highest BCUT2D eigenvalue weighted by Gasteiger charge is 2.17. The molecular weight excluding hydrogens is 668 g/mol. The van der Waals surface area contributed by atoms with Crippen LogP contribution in [-0.2, 0) is 0 Å². The first kappa shape index (κ1) is 20.9. The van der Waals surface area contributed by atoms with Crippen molar-refractivity contribution < 1.29 is 0 Å². The van der Waals surface area contributed by atoms with Gasteiger partial charge in [-0.2, -0.15) is 0 Å². The van der Waals surface area contributed by atoms with E-state index in [0.29, 0.717) is 0 Å². The Bertz CT molecular complexity index is 1790. The lowest BCUT2D eigenvalue weighted by Crippen LogP contribution is -1.67. The summed E-state index contributed by atoms with van der Waals surface area (Å²) in [6.45, 7) is 0. The van der Waals surface area contributed by atoms with Gasteiger partial charge in [-0.3, -0.25) is 0 Å². The van der Waals surface area contributed by atoms with E-state index in [-0.39, 0.29) is 0 Å². The maximum absolute atomic E-state index is 4.98. The Hall–Kier alpha value is -1.24. The number of halogens is 2. The number of rotatable bonds is 2. The number of hydrogen-bond donors (Lipinski definition) is 0. The first-order valence-corrected chi connectivity index (χ1v) is 16.6. The third-order valence-electron chi connectivity index (χ3n) is 5.65. The molecule has 34 heavy (non-hydrogen) atoms. The van der Waals surface area contributed by atoms with Crippen LogP contribution in [0.1, 0.15) is 0 Å². The molecule has 6 heterocycles. The predicted molar refractivity (Wildman–Crippen MR) is 163 cm³/mol. The quantitative estimate of drug-likeness (QED) is 0.182. The molecular formula is C24H8Br2N2S6. The van der Waals surface area contributed by atoms with Crippen LogP contribution in [-0.4, -0.2) is 9.97 Å². The van der Waals surface area contributed by atoms with Gasteiger partial charge in [-0.05, 0) is 102 Å². The summed E-state index contributed by atoms with van der Waals surface area (Å²) in [5, 5.41) is 7.28. The number of thiophene rings is 4. The molecule has 0 spiro atoms. The molecule has 6 aromatic heterocycles. The van der Waals surface area contributed by atoms with Crippen molar-refractivity contribution in [3.63, 3.8) is 0 Å². The maximum Gasteiger partial charge on any atom is 0.155 e. The fourth-order valence-electron chi connectivity index (χ4n) is 4.14. The average molecular weight is 677 g/mol. The summed E-state index contributed by atoms with van der Waals surface area (Å²) >= 11 is 17.8. The molecule has 0 bridgehead atoms. The maximum atomic E-state index is 4.98. The molecule has 0 aliphatic heterocycles. The van der Waals surface area contributed by atoms with Crippen LogP contribution in [0, 0.1) is 0 Å². The van der Waals surface area contributed by atoms with Gasteiger partial charge in [0, 0.05) is 18.8 Å². The zero-order chi connectivity index (χ0) is 22.6. The number of nitrogens with zero attached hydrogens (tertiary/aromatic N) is 2. The molecule has 10 heteroatoms. The monoisotopic (exact) mass is 674 g/mol. The van der Waals surface area contributed by atoms with E-state index in [4.69, 9.17) is 9.97 Å². The Kier molecular flexibility index (Phi) is 4.69. The van der Waals surface area contributed by atoms with Crippen molar-refractivity contribution in [1.29, 1.82) is 0 Å². The van der Waals surface area contributed by atoms with Gasteiger partial charge >= 0.3 is 0 Å². The normalized spacial score (nSPS) is 12.4. The lowest BCUT2D eigenvalue weighted by Gasteiger charge is -1.89. The highest BCUT2D eigenvalue weighted by atomic mass is 79.9. The first-order valence-electron chi connectivity index (χ1n) is 10.1. The number of benzene rings is 2. The van der Waals surface area contributed by atoms with E-state index in [1.54, 1.807) is 45.3 Å². The van der Waals surface area contributed by atoms with Gasteiger partial charge in [0.1, 0.15) is 10.0 Å². The Balaban J connectivity index is 1.18. The Morgan fingerprint density at radius 3 is 1.26 bits per heavy atom. The van der Waals surface area contributed by atoms with Crippen LogP contribution < -0.4 is 0 Å². The largest absolute Gasteiger partial charge is 0.222 e. The third-order valence-corrected chi connectivity index (χ3v) is 13.4. The second kappa shape index (κ2) is 7.63. The van der Waals surface area contributed by atoms with Gasteiger partial charge in [-0.25, -0.2) is 9.97 Å². The Morgan fingerprint density at radius 2 is 0.824 bits per heavy atom. The summed E-state index contributed by atoms with van der Waals surface area (Å²) in [4.78, 5) is 14.4. The van der Waals surface area contributed by atoms with E-state index in [1.807, 2.05) is 22.7 Å². The van der Waals surface area contributed by atoms with Crippen molar-refractivity contribution in [2.45, 2.75) is 0 Å². The molecule has 8 aromatic rings. The molecule has 0 unspecified atom stereocenters. The molecule has 0 saturated carbocycles. The van der Waals surface area contributed by atoms with Crippen LogP contribution >= 0.6 is 99.9 Å². The van der Waals surface area contributed by atoms with E-state index in [9.17, 15) is 0 Å². The van der Waals surface area contributed by atoms with Crippen molar-refractivity contribution in [3.8, 4) is 19.8 Å². The van der Waals surface area contributed by atoms with Crippen LogP contribution in [0.25, 0.3) is 69.8 Å². The molecule has 0 amide bonds. The number of fused-ring (bicyclic) bond motifs is 5. The molecule has 0 radical (unpaired) electrons. The molecule has 2 nitrogen and oxygen atoms in total. The van der Waals surface area contributed by atoms with Gasteiger partial charge in [-0.15, -0.1) is 45.3 Å². The molecule has 2 aromatic carbocycles. The van der Waals surface area contributed by atoms with E-state index in [0.717, 1.165) is 19.7 Å². The molecule has 164 valence electrons. The van der Waals surface area contributed by atoms with Crippen molar-refractivity contribution in [1.82, 2.24) is 9.97 Å². The van der Waals surface area contributed by atoms with Crippen molar-refractivity contribution in [2.75, 3.05) is 0 Å². The standard InChI is InChI=1S/C24H8Br2N2S6/c25-19-7-11-3-13-9(1-15(11)31-19)5-17(29-13)21-27-23-24(33-21)28-22(34-23)18-6-10-2-16-12(4-14(10)30-18)8-20(26)32-16/h1-8H. The molecule has 0 fully saturated rings. The summed E-state index contributed by atoms with van der Waals surface area (Å²) in [5.74, 6) is 0. The molecule has 0 aliphatic rings. The number of thiazole rings is 2. The Morgan fingerprint density at radius 1 is 0.441 bits per heavy atom. The molecule has 0 saturated heterocycles. The summed E-state index contributed by atoms with van der Waals surface area (Å²) < 4.78 is 7.58. The molecule has 0 N–H and O–H groups in total. The van der Waals surface area contributed by atoms with Gasteiger partial charge < -0.3 is 0 Å². The minimum Gasteiger partial charge on any atom is -0.222 e. The zero-order valence-corrected chi connectivity index (χ0v) is 24.8.